The minimum absolute atomic E-state index is 0.104. The lowest BCUT2D eigenvalue weighted by Gasteiger charge is -2.39. The Bertz CT molecular complexity index is 436. The van der Waals surface area contributed by atoms with Crippen LogP contribution in [0.25, 0.3) is 0 Å². The molecule has 4 N–H and O–H groups in total. The van der Waals surface area contributed by atoms with Crippen molar-refractivity contribution in [3.63, 3.8) is 0 Å². The van der Waals surface area contributed by atoms with Gasteiger partial charge < -0.3 is 15.9 Å². The molecule has 2 unspecified atom stereocenters. The summed E-state index contributed by atoms with van der Waals surface area (Å²) in [6.07, 6.45) is 4.94. The van der Waals surface area contributed by atoms with E-state index < -0.39 is 0 Å². The minimum Gasteiger partial charge on any atom is -0.508 e. The summed E-state index contributed by atoms with van der Waals surface area (Å²) in [5.74, 6) is 0.832. The largest absolute Gasteiger partial charge is 0.508 e. The molecular formula is C16H26N2O2. The molecule has 4 heteroatoms. The van der Waals surface area contributed by atoms with Crippen molar-refractivity contribution in [2.24, 2.45) is 11.7 Å². The van der Waals surface area contributed by atoms with Crippen molar-refractivity contribution in [1.82, 2.24) is 4.90 Å². The third-order valence-electron chi connectivity index (χ3n) is 4.49. The van der Waals surface area contributed by atoms with Gasteiger partial charge >= 0.3 is 0 Å². The van der Waals surface area contributed by atoms with Crippen molar-refractivity contribution in [2.75, 3.05) is 13.1 Å². The maximum atomic E-state index is 9.95. The molecule has 4 nitrogen and oxygen atoms in total. The second kappa shape index (κ2) is 6.95. The molecule has 1 aromatic carbocycles. The van der Waals surface area contributed by atoms with E-state index in [0.29, 0.717) is 18.5 Å². The quantitative estimate of drug-likeness (QED) is 0.773. The fourth-order valence-corrected chi connectivity index (χ4v) is 3.31. The molecule has 2 atom stereocenters. The molecule has 112 valence electrons. The summed E-state index contributed by atoms with van der Waals surface area (Å²) >= 11 is 0. The SMILES string of the molecule is CCN(Cc1ccc(O)cc1O)C1CCCCC1CN. The Morgan fingerprint density at radius 3 is 2.65 bits per heavy atom. The monoisotopic (exact) mass is 278 g/mol. The molecule has 0 heterocycles. The summed E-state index contributed by atoms with van der Waals surface area (Å²) in [5, 5.41) is 19.3. The lowest BCUT2D eigenvalue weighted by Crippen LogP contribution is -2.44. The van der Waals surface area contributed by atoms with E-state index in [0.717, 1.165) is 18.7 Å². The number of nitrogens with two attached hydrogens (primary N) is 1. The lowest BCUT2D eigenvalue weighted by molar-refractivity contribution is 0.105. The first-order chi connectivity index (χ1) is 9.65. The van der Waals surface area contributed by atoms with Crippen molar-refractivity contribution < 1.29 is 10.2 Å². The molecular weight excluding hydrogens is 252 g/mol. The Balaban J connectivity index is 2.11. The molecule has 0 bridgehead atoms. The van der Waals surface area contributed by atoms with E-state index in [2.05, 4.69) is 11.8 Å². The molecule has 0 amide bonds. The van der Waals surface area contributed by atoms with Crippen LogP contribution in [-0.2, 0) is 6.54 Å². The molecule has 0 aliphatic heterocycles. The highest BCUT2D eigenvalue weighted by molar-refractivity contribution is 5.38. The average molecular weight is 278 g/mol. The van der Waals surface area contributed by atoms with Gasteiger partial charge in [-0.05, 0) is 37.9 Å². The molecule has 0 radical (unpaired) electrons. The Kier molecular flexibility index (Phi) is 5.26. The van der Waals surface area contributed by atoms with E-state index in [9.17, 15) is 10.2 Å². The van der Waals surface area contributed by atoms with Gasteiger partial charge in [-0.1, -0.05) is 25.8 Å². The zero-order valence-corrected chi connectivity index (χ0v) is 12.3. The van der Waals surface area contributed by atoms with Crippen molar-refractivity contribution >= 4 is 0 Å². The van der Waals surface area contributed by atoms with Crippen molar-refractivity contribution in [3.8, 4) is 11.5 Å². The molecule has 1 aliphatic rings. The lowest BCUT2D eigenvalue weighted by atomic mass is 9.83. The van der Waals surface area contributed by atoms with Gasteiger partial charge in [0.15, 0.2) is 0 Å². The van der Waals surface area contributed by atoms with Crippen LogP contribution in [0.1, 0.15) is 38.2 Å². The Morgan fingerprint density at radius 1 is 1.25 bits per heavy atom. The predicted molar refractivity (Wildman–Crippen MR) is 80.7 cm³/mol. The van der Waals surface area contributed by atoms with Crippen LogP contribution in [0.2, 0.25) is 0 Å². The molecule has 0 saturated heterocycles. The summed E-state index contributed by atoms with van der Waals surface area (Å²) in [6, 6.07) is 5.34. The number of aromatic hydroxyl groups is 2. The number of phenolic OH excluding ortho intramolecular Hbond substituents is 2. The fourth-order valence-electron chi connectivity index (χ4n) is 3.31. The number of nitrogens with zero attached hydrogens (tertiary/aromatic N) is 1. The number of rotatable bonds is 5. The summed E-state index contributed by atoms with van der Waals surface area (Å²) in [7, 11) is 0. The van der Waals surface area contributed by atoms with Gasteiger partial charge in [0.05, 0.1) is 0 Å². The van der Waals surface area contributed by atoms with Crippen LogP contribution < -0.4 is 5.73 Å². The summed E-state index contributed by atoms with van der Waals surface area (Å²) in [5.41, 5.74) is 6.79. The number of benzene rings is 1. The van der Waals surface area contributed by atoms with E-state index in [1.54, 1.807) is 12.1 Å². The van der Waals surface area contributed by atoms with Gasteiger partial charge in [0.25, 0.3) is 0 Å². The standard InChI is InChI=1S/C16H26N2O2/c1-2-18(15-6-4-3-5-12(15)10-17)11-13-7-8-14(19)9-16(13)20/h7-9,12,15,19-20H,2-6,10-11,17H2,1H3. The molecule has 1 aromatic rings. The van der Waals surface area contributed by atoms with Crippen LogP contribution in [0.4, 0.5) is 0 Å². The van der Waals surface area contributed by atoms with Gasteiger partial charge in [0.2, 0.25) is 0 Å². The van der Waals surface area contributed by atoms with Crippen LogP contribution in [0.3, 0.4) is 0 Å². The highest BCUT2D eigenvalue weighted by Crippen LogP contribution is 2.30. The smallest absolute Gasteiger partial charge is 0.123 e. The summed E-state index contributed by atoms with van der Waals surface area (Å²) in [6.45, 7) is 4.55. The molecule has 0 spiro atoms. The molecule has 0 aromatic heterocycles. The third kappa shape index (κ3) is 3.44. The molecule has 1 saturated carbocycles. The van der Waals surface area contributed by atoms with E-state index in [4.69, 9.17) is 5.73 Å². The first-order valence-electron chi connectivity index (χ1n) is 7.60. The topological polar surface area (TPSA) is 69.7 Å². The maximum absolute atomic E-state index is 9.95. The van der Waals surface area contributed by atoms with E-state index in [1.165, 1.54) is 31.7 Å². The van der Waals surface area contributed by atoms with Gasteiger partial charge in [-0.15, -0.1) is 0 Å². The third-order valence-corrected chi connectivity index (χ3v) is 4.49. The predicted octanol–water partition coefficient (Wildman–Crippen LogP) is 2.44. The van der Waals surface area contributed by atoms with Crippen LogP contribution >= 0.6 is 0 Å². The number of phenols is 2. The normalized spacial score (nSPS) is 23.1. The molecule has 2 rings (SSSR count). The summed E-state index contributed by atoms with van der Waals surface area (Å²) < 4.78 is 0. The highest BCUT2D eigenvalue weighted by atomic mass is 16.3. The number of hydrogen-bond acceptors (Lipinski definition) is 4. The van der Waals surface area contributed by atoms with Crippen LogP contribution in [0, 0.1) is 5.92 Å². The Labute approximate surface area is 121 Å². The number of hydrogen-bond donors (Lipinski definition) is 3. The van der Waals surface area contributed by atoms with Gasteiger partial charge in [-0.25, -0.2) is 0 Å². The van der Waals surface area contributed by atoms with Gasteiger partial charge in [-0.2, -0.15) is 0 Å². The van der Waals surface area contributed by atoms with E-state index >= 15 is 0 Å². The highest BCUT2D eigenvalue weighted by Gasteiger charge is 2.28. The maximum Gasteiger partial charge on any atom is 0.123 e. The van der Waals surface area contributed by atoms with E-state index in [1.807, 2.05) is 0 Å². The molecule has 20 heavy (non-hydrogen) atoms. The van der Waals surface area contributed by atoms with Crippen LogP contribution in [-0.4, -0.2) is 34.2 Å². The van der Waals surface area contributed by atoms with Gasteiger partial charge in [0, 0.05) is 24.2 Å². The second-order valence-electron chi connectivity index (χ2n) is 5.72. The zero-order chi connectivity index (χ0) is 14.5. The average Bonchev–Trinajstić information content (AvgIpc) is 2.46. The Morgan fingerprint density at radius 2 is 2.00 bits per heavy atom. The molecule has 1 aliphatic carbocycles. The van der Waals surface area contributed by atoms with Gasteiger partial charge in [-0.3, -0.25) is 4.90 Å². The Hall–Kier alpha value is -1.26. The van der Waals surface area contributed by atoms with Crippen molar-refractivity contribution in [3.05, 3.63) is 23.8 Å². The second-order valence-corrected chi connectivity index (χ2v) is 5.72. The molecule has 1 fully saturated rings. The van der Waals surface area contributed by atoms with Crippen LogP contribution in [0.5, 0.6) is 11.5 Å². The van der Waals surface area contributed by atoms with Crippen molar-refractivity contribution in [2.45, 2.75) is 45.2 Å². The zero-order valence-electron chi connectivity index (χ0n) is 12.3. The van der Waals surface area contributed by atoms with Crippen molar-refractivity contribution in [1.29, 1.82) is 0 Å². The minimum atomic E-state index is 0.104. The first kappa shape index (κ1) is 15.1. The van der Waals surface area contributed by atoms with Crippen LogP contribution in [0.15, 0.2) is 18.2 Å². The summed E-state index contributed by atoms with van der Waals surface area (Å²) in [4.78, 5) is 2.41. The van der Waals surface area contributed by atoms with Gasteiger partial charge in [0.1, 0.15) is 11.5 Å². The van der Waals surface area contributed by atoms with E-state index in [-0.39, 0.29) is 11.5 Å². The first-order valence-corrected chi connectivity index (χ1v) is 7.60. The fraction of sp³-hybridized carbons (Fsp3) is 0.625.